The van der Waals surface area contributed by atoms with Gasteiger partial charge in [0.05, 0.1) is 0 Å². The molecule has 1 atom stereocenters. The summed E-state index contributed by atoms with van der Waals surface area (Å²) < 4.78 is 39.0. The fourth-order valence-corrected chi connectivity index (χ4v) is 1.94. The first-order valence-electron chi connectivity index (χ1n) is 5.49. The molecule has 1 heterocycles. The van der Waals surface area contributed by atoms with Gasteiger partial charge in [0.25, 0.3) is 0 Å². The van der Waals surface area contributed by atoms with E-state index in [0.717, 1.165) is 6.04 Å². The standard InChI is InChI=1S/C9H19N.BF4.H3N/c1-3-9-7-5-6-8-10(9)4-2;2-1(3,4)5;/h9H,3-8H2,1-2H3;;1H3/q;-1;/p+1. The van der Waals surface area contributed by atoms with Crippen LogP contribution in [0.1, 0.15) is 39.5 Å². The molecule has 1 fully saturated rings. The summed E-state index contributed by atoms with van der Waals surface area (Å²) >= 11 is 0. The molecule has 7 heteroatoms. The molecule has 0 spiro atoms. The van der Waals surface area contributed by atoms with Crippen molar-refractivity contribution in [3.63, 3.8) is 0 Å². The van der Waals surface area contributed by atoms with Crippen molar-refractivity contribution < 1.29 is 17.3 Å². The lowest BCUT2D eigenvalue weighted by Gasteiger charge is -2.34. The van der Waals surface area contributed by atoms with Crippen molar-refractivity contribution in [2.24, 2.45) is 0 Å². The Morgan fingerprint density at radius 2 is 1.62 bits per heavy atom. The topological polar surface area (TPSA) is 39.7 Å². The van der Waals surface area contributed by atoms with Crippen LogP contribution in [0.3, 0.4) is 0 Å². The van der Waals surface area contributed by atoms with Gasteiger partial charge < -0.3 is 28.3 Å². The summed E-state index contributed by atoms with van der Waals surface area (Å²) in [6, 6.07) is 0.902. The highest BCUT2D eigenvalue weighted by molar-refractivity contribution is 6.50. The van der Waals surface area contributed by atoms with Gasteiger partial charge in [0.1, 0.15) is 0 Å². The average Bonchev–Trinajstić information content (AvgIpc) is 2.15. The van der Waals surface area contributed by atoms with Crippen molar-refractivity contribution in [3.8, 4) is 0 Å². The van der Waals surface area contributed by atoms with Gasteiger partial charge in [-0.2, -0.15) is 0 Å². The highest BCUT2D eigenvalue weighted by Crippen LogP contribution is 2.18. The number of rotatable bonds is 2. The molecule has 0 aromatic heterocycles. The normalized spacial score (nSPS) is 21.8. The molecule has 4 N–H and O–H groups in total. The summed E-state index contributed by atoms with van der Waals surface area (Å²) in [5, 5.41) is 0. The van der Waals surface area contributed by atoms with E-state index < -0.39 is 7.25 Å². The summed E-state index contributed by atoms with van der Waals surface area (Å²) in [6.45, 7) is 7.17. The van der Waals surface area contributed by atoms with Gasteiger partial charge in [-0.1, -0.05) is 20.3 Å². The molecule has 0 bridgehead atoms. The maximum Gasteiger partial charge on any atom is 0.673 e. The first-order chi connectivity index (χ1) is 6.88. The van der Waals surface area contributed by atoms with Crippen LogP contribution in [0.4, 0.5) is 17.3 Å². The lowest BCUT2D eigenvalue weighted by Crippen LogP contribution is -2.38. The number of hydrogen-bond donors (Lipinski definition) is 1. The van der Waals surface area contributed by atoms with Gasteiger partial charge in [-0.15, -0.1) is 0 Å². The molecule has 0 aromatic carbocycles. The second-order valence-electron chi connectivity index (χ2n) is 3.68. The van der Waals surface area contributed by atoms with E-state index in [0.29, 0.717) is 0 Å². The highest BCUT2D eigenvalue weighted by atomic mass is 19.5. The molecule has 0 saturated carbocycles. The SMILES string of the molecule is CCC1CCCCN1CC.F[B-](F)(F)F.[NH4+]. The van der Waals surface area contributed by atoms with Gasteiger partial charge >= 0.3 is 7.25 Å². The van der Waals surface area contributed by atoms with Crippen molar-refractivity contribution in [1.29, 1.82) is 0 Å². The minimum atomic E-state index is -6.00. The van der Waals surface area contributed by atoms with Crippen molar-refractivity contribution in [3.05, 3.63) is 0 Å². The average molecular weight is 246 g/mol. The van der Waals surface area contributed by atoms with Crippen LogP contribution in [0.25, 0.3) is 0 Å². The molecule has 0 aliphatic carbocycles. The first kappa shape index (κ1) is 18.1. The number of likely N-dealkylation sites (tertiary alicyclic amines) is 1. The summed E-state index contributed by atoms with van der Waals surface area (Å²) in [4.78, 5) is 2.61. The minimum absolute atomic E-state index is 0. The Balaban J connectivity index is 0. The monoisotopic (exact) mass is 246 g/mol. The molecule has 1 aliphatic heterocycles. The van der Waals surface area contributed by atoms with Gasteiger partial charge in [0.2, 0.25) is 0 Å². The van der Waals surface area contributed by atoms with Gasteiger partial charge in [0.15, 0.2) is 0 Å². The lowest BCUT2D eigenvalue weighted by molar-refractivity contribution is 0.152. The van der Waals surface area contributed by atoms with Crippen molar-refractivity contribution in [1.82, 2.24) is 11.1 Å². The molecule has 0 radical (unpaired) electrons. The predicted octanol–water partition coefficient (Wildman–Crippen LogP) is 3.95. The first-order valence-corrected chi connectivity index (χ1v) is 5.49. The smallest absolute Gasteiger partial charge is 0.418 e. The van der Waals surface area contributed by atoms with Crippen LogP contribution >= 0.6 is 0 Å². The Bertz CT molecular complexity index is 148. The number of piperidine rings is 1. The summed E-state index contributed by atoms with van der Waals surface area (Å²) in [5.74, 6) is 0. The van der Waals surface area contributed by atoms with Crippen LogP contribution in [0.15, 0.2) is 0 Å². The quantitative estimate of drug-likeness (QED) is 0.581. The van der Waals surface area contributed by atoms with Crippen LogP contribution in [0.5, 0.6) is 0 Å². The highest BCUT2D eigenvalue weighted by Gasteiger charge is 2.20. The van der Waals surface area contributed by atoms with E-state index in [1.807, 2.05) is 0 Å². The van der Waals surface area contributed by atoms with Gasteiger partial charge in [-0.25, -0.2) is 0 Å². The molecule has 1 saturated heterocycles. The van der Waals surface area contributed by atoms with Gasteiger partial charge in [-0.3, -0.25) is 0 Å². The summed E-state index contributed by atoms with van der Waals surface area (Å²) in [7, 11) is -6.00. The minimum Gasteiger partial charge on any atom is -0.418 e. The Morgan fingerprint density at radius 3 is 1.94 bits per heavy atom. The molecule has 0 amide bonds. The van der Waals surface area contributed by atoms with Crippen LogP contribution in [0.2, 0.25) is 0 Å². The zero-order valence-electron chi connectivity index (χ0n) is 10.4. The van der Waals surface area contributed by atoms with E-state index in [-0.39, 0.29) is 6.15 Å². The Morgan fingerprint density at radius 1 is 1.12 bits per heavy atom. The zero-order chi connectivity index (χ0) is 11.9. The number of nitrogens with zero attached hydrogens (tertiary/aromatic N) is 1. The maximum atomic E-state index is 9.75. The largest absolute Gasteiger partial charge is 0.673 e. The Labute approximate surface area is 95.1 Å². The molecular formula is C9H23BF4N2. The van der Waals surface area contributed by atoms with E-state index in [1.165, 1.54) is 38.8 Å². The Kier molecular flexibility index (Phi) is 9.96. The van der Waals surface area contributed by atoms with E-state index in [4.69, 9.17) is 0 Å². The van der Waals surface area contributed by atoms with Crippen molar-refractivity contribution in [2.45, 2.75) is 45.6 Å². The Hall–Kier alpha value is -0.295. The summed E-state index contributed by atoms with van der Waals surface area (Å²) in [6.07, 6.45) is 5.65. The third-order valence-electron chi connectivity index (χ3n) is 2.63. The fourth-order valence-electron chi connectivity index (χ4n) is 1.94. The molecule has 100 valence electrons. The third-order valence-corrected chi connectivity index (χ3v) is 2.63. The molecule has 1 rings (SSSR count). The molecule has 0 aromatic rings. The van der Waals surface area contributed by atoms with E-state index in [1.54, 1.807) is 0 Å². The van der Waals surface area contributed by atoms with E-state index in [2.05, 4.69) is 18.7 Å². The molecular weight excluding hydrogens is 223 g/mol. The predicted molar refractivity (Wildman–Crippen MR) is 61.3 cm³/mol. The second kappa shape index (κ2) is 8.81. The third kappa shape index (κ3) is 10.2. The van der Waals surface area contributed by atoms with Crippen LogP contribution in [-0.4, -0.2) is 31.3 Å². The van der Waals surface area contributed by atoms with Crippen molar-refractivity contribution in [2.75, 3.05) is 13.1 Å². The van der Waals surface area contributed by atoms with E-state index in [9.17, 15) is 17.3 Å². The van der Waals surface area contributed by atoms with Crippen LogP contribution in [0, 0.1) is 0 Å². The maximum absolute atomic E-state index is 9.75. The number of hydrogen-bond acceptors (Lipinski definition) is 1. The zero-order valence-corrected chi connectivity index (χ0v) is 10.4. The molecule has 2 nitrogen and oxygen atoms in total. The second-order valence-corrected chi connectivity index (χ2v) is 3.68. The molecule has 16 heavy (non-hydrogen) atoms. The fraction of sp³-hybridized carbons (Fsp3) is 1.00. The van der Waals surface area contributed by atoms with Gasteiger partial charge in [-0.05, 0) is 32.4 Å². The molecule has 1 unspecified atom stereocenters. The van der Waals surface area contributed by atoms with E-state index >= 15 is 0 Å². The van der Waals surface area contributed by atoms with Crippen molar-refractivity contribution >= 4 is 7.25 Å². The molecule has 1 aliphatic rings. The number of quaternary nitrogens is 1. The van der Waals surface area contributed by atoms with Crippen LogP contribution in [-0.2, 0) is 0 Å². The summed E-state index contributed by atoms with van der Waals surface area (Å²) in [5.41, 5.74) is 0. The number of halogens is 4. The van der Waals surface area contributed by atoms with Gasteiger partial charge in [0, 0.05) is 6.04 Å². The van der Waals surface area contributed by atoms with Crippen LogP contribution < -0.4 is 6.15 Å². The lowest BCUT2D eigenvalue weighted by atomic mass is 10.0.